The van der Waals surface area contributed by atoms with Crippen molar-refractivity contribution >= 4 is 6.03 Å². The molecule has 0 aromatic heterocycles. The third-order valence-corrected chi connectivity index (χ3v) is 3.33. The molecule has 0 aliphatic carbocycles. The van der Waals surface area contributed by atoms with Crippen molar-refractivity contribution in [2.24, 2.45) is 0 Å². The van der Waals surface area contributed by atoms with Gasteiger partial charge in [0.05, 0.1) is 12.6 Å². The zero-order valence-corrected chi connectivity index (χ0v) is 10.5. The second-order valence-electron chi connectivity index (χ2n) is 4.57. The number of benzene rings is 1. The van der Waals surface area contributed by atoms with E-state index in [1.165, 1.54) is 0 Å². The van der Waals surface area contributed by atoms with Crippen molar-refractivity contribution in [3.8, 4) is 11.5 Å². The highest BCUT2D eigenvalue weighted by atomic mass is 16.6. The first-order chi connectivity index (χ1) is 9.28. The minimum Gasteiger partial charge on any atom is -0.486 e. The van der Waals surface area contributed by atoms with E-state index < -0.39 is 0 Å². The number of rotatable bonds is 3. The molecule has 2 heterocycles. The maximum absolute atomic E-state index is 11.7. The van der Waals surface area contributed by atoms with E-state index in [1.807, 2.05) is 18.2 Å². The van der Waals surface area contributed by atoms with E-state index in [4.69, 9.17) is 14.6 Å². The number of ether oxygens (including phenoxy) is 2. The Kier molecular flexibility index (Phi) is 3.16. The van der Waals surface area contributed by atoms with Gasteiger partial charge in [0, 0.05) is 13.1 Å². The van der Waals surface area contributed by atoms with Gasteiger partial charge < -0.3 is 24.8 Å². The van der Waals surface area contributed by atoms with Crippen molar-refractivity contribution < 1.29 is 19.4 Å². The third-order valence-electron chi connectivity index (χ3n) is 3.33. The predicted octanol–water partition coefficient (Wildman–Crippen LogP) is 0.516. The topological polar surface area (TPSA) is 71.0 Å². The number of amides is 2. The number of urea groups is 1. The van der Waals surface area contributed by atoms with E-state index in [0.717, 1.165) is 17.1 Å². The van der Waals surface area contributed by atoms with E-state index in [0.29, 0.717) is 26.3 Å². The third kappa shape index (κ3) is 2.31. The van der Waals surface area contributed by atoms with Crippen molar-refractivity contribution in [2.45, 2.75) is 6.04 Å². The average Bonchev–Trinajstić information content (AvgIpc) is 2.80. The lowest BCUT2D eigenvalue weighted by atomic mass is 10.1. The first-order valence-corrected chi connectivity index (χ1v) is 6.34. The van der Waals surface area contributed by atoms with Gasteiger partial charge in [-0.1, -0.05) is 6.07 Å². The highest BCUT2D eigenvalue weighted by Crippen LogP contribution is 2.33. The average molecular weight is 264 g/mol. The molecule has 2 aliphatic rings. The summed E-state index contributed by atoms with van der Waals surface area (Å²) in [6.07, 6.45) is 0. The number of hydrogen-bond donors (Lipinski definition) is 2. The van der Waals surface area contributed by atoms with Crippen LogP contribution in [0.2, 0.25) is 0 Å². The lowest BCUT2D eigenvalue weighted by Gasteiger charge is -2.20. The molecule has 1 atom stereocenters. The number of fused-ring (bicyclic) bond motifs is 1. The van der Waals surface area contributed by atoms with Gasteiger partial charge in [-0.3, -0.25) is 0 Å². The fourth-order valence-electron chi connectivity index (χ4n) is 2.37. The van der Waals surface area contributed by atoms with Gasteiger partial charge in [0.1, 0.15) is 13.2 Å². The first kappa shape index (κ1) is 12.1. The molecular weight excluding hydrogens is 248 g/mol. The molecule has 6 heteroatoms. The van der Waals surface area contributed by atoms with Gasteiger partial charge in [-0.05, 0) is 17.7 Å². The van der Waals surface area contributed by atoms with Crippen LogP contribution >= 0.6 is 0 Å². The Hall–Kier alpha value is -1.95. The number of β-amino-alcohol motifs (C(OH)–C–C–N with tert-alkyl or cyclic N) is 1. The highest BCUT2D eigenvalue weighted by molar-refractivity contribution is 5.77. The van der Waals surface area contributed by atoms with Crippen molar-refractivity contribution in [1.82, 2.24) is 10.2 Å². The van der Waals surface area contributed by atoms with Crippen LogP contribution < -0.4 is 14.8 Å². The SMILES string of the molecule is O=C1NC(c2ccc3c(c2)OCCO3)CN1CCO. The molecule has 1 aromatic carbocycles. The quantitative estimate of drug-likeness (QED) is 0.834. The number of carbonyl (C=O) groups is 1. The molecule has 0 spiro atoms. The Morgan fingerprint density at radius 2 is 2.11 bits per heavy atom. The molecule has 0 saturated carbocycles. The number of aliphatic hydroxyl groups excluding tert-OH is 1. The van der Waals surface area contributed by atoms with Gasteiger partial charge in [0.2, 0.25) is 0 Å². The summed E-state index contributed by atoms with van der Waals surface area (Å²) >= 11 is 0. The fourth-order valence-corrected chi connectivity index (χ4v) is 2.37. The molecule has 102 valence electrons. The minimum absolute atomic E-state index is 0.0265. The van der Waals surface area contributed by atoms with E-state index in [9.17, 15) is 4.79 Å². The number of hydrogen-bond acceptors (Lipinski definition) is 4. The molecule has 0 radical (unpaired) electrons. The molecule has 1 aromatic rings. The van der Waals surface area contributed by atoms with Gasteiger partial charge >= 0.3 is 6.03 Å². The maximum atomic E-state index is 11.7. The molecule has 1 unspecified atom stereocenters. The van der Waals surface area contributed by atoms with Crippen LogP contribution in [0, 0.1) is 0 Å². The van der Waals surface area contributed by atoms with Gasteiger partial charge in [0.25, 0.3) is 0 Å². The van der Waals surface area contributed by atoms with Crippen LogP contribution in [0.4, 0.5) is 4.79 Å². The second kappa shape index (κ2) is 4.97. The minimum atomic E-state index is -0.145. The molecule has 19 heavy (non-hydrogen) atoms. The standard InChI is InChI=1S/C13H16N2O4/c16-4-3-15-8-10(14-13(15)17)9-1-2-11-12(7-9)19-6-5-18-11/h1-2,7,10,16H,3-6,8H2,(H,14,17). The van der Waals surface area contributed by atoms with Gasteiger partial charge in [-0.2, -0.15) is 0 Å². The maximum Gasteiger partial charge on any atom is 0.318 e. The molecule has 2 aliphatic heterocycles. The molecule has 2 amide bonds. The zero-order chi connectivity index (χ0) is 13.2. The van der Waals surface area contributed by atoms with E-state index in [1.54, 1.807) is 4.90 Å². The Bertz CT molecular complexity index is 492. The summed E-state index contributed by atoms with van der Waals surface area (Å²) in [5.74, 6) is 1.46. The van der Waals surface area contributed by atoms with Crippen molar-refractivity contribution in [3.63, 3.8) is 0 Å². The molecule has 1 fully saturated rings. The predicted molar refractivity (Wildman–Crippen MR) is 67.4 cm³/mol. The largest absolute Gasteiger partial charge is 0.486 e. The van der Waals surface area contributed by atoms with E-state index >= 15 is 0 Å². The lowest BCUT2D eigenvalue weighted by Crippen LogP contribution is -2.30. The zero-order valence-electron chi connectivity index (χ0n) is 10.5. The summed E-state index contributed by atoms with van der Waals surface area (Å²) in [5, 5.41) is 11.8. The summed E-state index contributed by atoms with van der Waals surface area (Å²) < 4.78 is 11.0. The summed E-state index contributed by atoms with van der Waals surface area (Å²) in [6.45, 7) is 1.99. The number of carbonyl (C=O) groups excluding carboxylic acids is 1. The fraction of sp³-hybridized carbons (Fsp3) is 0.462. The van der Waals surface area contributed by atoms with Crippen molar-refractivity contribution in [2.75, 3.05) is 32.9 Å². The highest BCUT2D eigenvalue weighted by Gasteiger charge is 2.29. The lowest BCUT2D eigenvalue weighted by molar-refractivity contribution is 0.171. The number of nitrogens with one attached hydrogen (secondary N) is 1. The molecule has 6 nitrogen and oxygen atoms in total. The first-order valence-electron chi connectivity index (χ1n) is 6.34. The monoisotopic (exact) mass is 264 g/mol. The summed E-state index contributed by atoms with van der Waals surface area (Å²) in [4.78, 5) is 13.3. The smallest absolute Gasteiger partial charge is 0.318 e. The van der Waals surface area contributed by atoms with E-state index in [2.05, 4.69) is 5.32 Å². The second-order valence-corrected chi connectivity index (χ2v) is 4.57. The van der Waals surface area contributed by atoms with Crippen molar-refractivity contribution in [3.05, 3.63) is 23.8 Å². The van der Waals surface area contributed by atoms with Crippen molar-refractivity contribution in [1.29, 1.82) is 0 Å². The van der Waals surface area contributed by atoms with Crippen LogP contribution in [0.25, 0.3) is 0 Å². The van der Waals surface area contributed by atoms with Crippen LogP contribution in [-0.2, 0) is 0 Å². The molecule has 2 N–H and O–H groups in total. The number of nitrogens with zero attached hydrogens (tertiary/aromatic N) is 1. The van der Waals surface area contributed by atoms with Gasteiger partial charge in [-0.25, -0.2) is 4.79 Å². The van der Waals surface area contributed by atoms with Gasteiger partial charge in [-0.15, -0.1) is 0 Å². The molecule has 1 saturated heterocycles. The van der Waals surface area contributed by atoms with Crippen LogP contribution in [0.5, 0.6) is 11.5 Å². The van der Waals surface area contributed by atoms with Crippen LogP contribution in [-0.4, -0.2) is 48.9 Å². The summed E-state index contributed by atoms with van der Waals surface area (Å²) in [7, 11) is 0. The molecule has 0 bridgehead atoms. The summed E-state index contributed by atoms with van der Waals surface area (Å²) in [5.41, 5.74) is 0.984. The van der Waals surface area contributed by atoms with Crippen LogP contribution in [0.15, 0.2) is 18.2 Å². The Balaban J connectivity index is 1.78. The Morgan fingerprint density at radius 3 is 2.89 bits per heavy atom. The molecular formula is C13H16N2O4. The van der Waals surface area contributed by atoms with E-state index in [-0.39, 0.29) is 18.7 Å². The van der Waals surface area contributed by atoms with Crippen LogP contribution in [0.1, 0.15) is 11.6 Å². The van der Waals surface area contributed by atoms with Crippen LogP contribution in [0.3, 0.4) is 0 Å². The Morgan fingerprint density at radius 1 is 1.32 bits per heavy atom. The van der Waals surface area contributed by atoms with Gasteiger partial charge in [0.15, 0.2) is 11.5 Å². The Labute approximate surface area is 110 Å². The summed E-state index contributed by atoms with van der Waals surface area (Å²) in [6, 6.07) is 5.48. The molecule has 3 rings (SSSR count). The normalized spacial score (nSPS) is 21.4. The number of aliphatic hydroxyl groups is 1.